The second-order valence-corrected chi connectivity index (χ2v) is 5.58. The normalized spacial score (nSPS) is 22.3. The van der Waals surface area contributed by atoms with Gasteiger partial charge in [-0.3, -0.25) is 19.8 Å². The molecule has 1 amide bonds. The average Bonchev–Trinajstić information content (AvgIpc) is 2.46. The van der Waals surface area contributed by atoms with Gasteiger partial charge in [0.15, 0.2) is 0 Å². The van der Waals surface area contributed by atoms with Crippen molar-refractivity contribution in [3.05, 3.63) is 39.9 Å². The van der Waals surface area contributed by atoms with Gasteiger partial charge >= 0.3 is 0 Å². The molecule has 1 N–H and O–H groups in total. The van der Waals surface area contributed by atoms with Gasteiger partial charge in [0, 0.05) is 43.9 Å². The number of benzene rings is 1. The molecule has 1 aromatic rings. The average molecular weight is 307 g/mol. The molecule has 1 heterocycles. The van der Waals surface area contributed by atoms with Crippen LogP contribution >= 0.6 is 0 Å². The van der Waals surface area contributed by atoms with E-state index < -0.39 is 4.92 Å². The molecule has 0 radical (unpaired) electrons. The second-order valence-electron chi connectivity index (χ2n) is 5.58. The molecule has 7 heteroatoms. The number of hydrogen-bond acceptors (Lipinski definition) is 5. The molecule has 1 aliphatic rings. The fourth-order valence-electron chi connectivity index (χ4n) is 2.63. The first-order valence-corrected chi connectivity index (χ1v) is 7.36. The largest absolute Gasteiger partial charge is 0.373 e. The van der Waals surface area contributed by atoms with Gasteiger partial charge in [-0.1, -0.05) is 0 Å². The van der Waals surface area contributed by atoms with E-state index in [0.717, 1.165) is 19.6 Å². The van der Waals surface area contributed by atoms with E-state index in [4.69, 9.17) is 4.74 Å². The molecule has 2 atom stereocenters. The highest BCUT2D eigenvalue weighted by molar-refractivity contribution is 5.94. The number of morpholine rings is 1. The highest BCUT2D eigenvalue weighted by Gasteiger charge is 2.21. The first kappa shape index (κ1) is 16.4. The van der Waals surface area contributed by atoms with Crippen LogP contribution in [0.25, 0.3) is 0 Å². The molecule has 0 aliphatic carbocycles. The van der Waals surface area contributed by atoms with E-state index in [1.807, 2.05) is 13.8 Å². The fraction of sp³-hybridized carbons (Fsp3) is 0.533. The van der Waals surface area contributed by atoms with Crippen LogP contribution in [0.1, 0.15) is 24.2 Å². The smallest absolute Gasteiger partial charge is 0.269 e. The molecule has 1 fully saturated rings. The first-order chi connectivity index (χ1) is 10.5. The van der Waals surface area contributed by atoms with Gasteiger partial charge in [-0.2, -0.15) is 0 Å². The van der Waals surface area contributed by atoms with Crippen LogP contribution in [0.15, 0.2) is 24.3 Å². The van der Waals surface area contributed by atoms with E-state index in [-0.39, 0.29) is 23.8 Å². The maximum absolute atomic E-state index is 12.0. The van der Waals surface area contributed by atoms with Crippen molar-refractivity contribution in [3.63, 3.8) is 0 Å². The minimum Gasteiger partial charge on any atom is -0.373 e. The predicted molar refractivity (Wildman–Crippen MR) is 81.9 cm³/mol. The van der Waals surface area contributed by atoms with Crippen molar-refractivity contribution in [2.45, 2.75) is 26.1 Å². The van der Waals surface area contributed by atoms with E-state index in [0.29, 0.717) is 12.1 Å². The lowest BCUT2D eigenvalue weighted by atomic mass is 10.2. The lowest BCUT2D eigenvalue weighted by molar-refractivity contribution is -0.384. The summed E-state index contributed by atoms with van der Waals surface area (Å²) in [5.74, 6) is -0.218. The predicted octanol–water partition coefficient (Wildman–Crippen LogP) is 1.43. The highest BCUT2D eigenvalue weighted by atomic mass is 16.6. The van der Waals surface area contributed by atoms with Crippen LogP contribution in [0.5, 0.6) is 0 Å². The Kier molecular flexibility index (Phi) is 5.46. The Bertz CT molecular complexity index is 522. The number of nitrogens with one attached hydrogen (secondary N) is 1. The van der Waals surface area contributed by atoms with Crippen LogP contribution in [0.3, 0.4) is 0 Å². The second kappa shape index (κ2) is 7.33. The summed E-state index contributed by atoms with van der Waals surface area (Å²) in [7, 11) is 0. The lowest BCUT2D eigenvalue weighted by Crippen LogP contribution is -2.47. The van der Waals surface area contributed by atoms with Crippen molar-refractivity contribution in [3.8, 4) is 0 Å². The van der Waals surface area contributed by atoms with Crippen LogP contribution in [0, 0.1) is 10.1 Å². The number of nitro benzene ring substituents is 1. The van der Waals surface area contributed by atoms with Gasteiger partial charge in [-0.25, -0.2) is 0 Å². The monoisotopic (exact) mass is 307 g/mol. The van der Waals surface area contributed by atoms with Crippen molar-refractivity contribution in [1.29, 1.82) is 0 Å². The van der Waals surface area contributed by atoms with Gasteiger partial charge in [-0.05, 0) is 26.0 Å². The molecule has 2 rings (SSSR count). The third-order valence-electron chi connectivity index (χ3n) is 3.55. The summed E-state index contributed by atoms with van der Waals surface area (Å²) >= 11 is 0. The molecule has 120 valence electrons. The molecule has 0 unspecified atom stereocenters. The fourth-order valence-corrected chi connectivity index (χ4v) is 2.63. The Balaban J connectivity index is 1.79. The first-order valence-electron chi connectivity index (χ1n) is 7.36. The number of rotatable bonds is 5. The van der Waals surface area contributed by atoms with Crippen LogP contribution in [-0.2, 0) is 4.74 Å². The van der Waals surface area contributed by atoms with Crippen LogP contribution in [0.4, 0.5) is 5.69 Å². The standard InChI is InChI=1S/C15H21N3O4/c1-11-9-17(10-12(2)22-11)8-7-16-15(19)13-3-5-14(6-4-13)18(20)21/h3-6,11-12H,7-10H2,1-2H3,(H,16,19)/t11-,12-/m0/s1. The molecule has 1 aromatic carbocycles. The maximum Gasteiger partial charge on any atom is 0.269 e. The van der Waals surface area contributed by atoms with Crippen LogP contribution < -0.4 is 5.32 Å². The molecule has 0 bridgehead atoms. The summed E-state index contributed by atoms with van der Waals surface area (Å²) in [5.41, 5.74) is 0.405. The summed E-state index contributed by atoms with van der Waals surface area (Å²) < 4.78 is 5.66. The Morgan fingerprint density at radius 3 is 2.45 bits per heavy atom. The summed E-state index contributed by atoms with van der Waals surface area (Å²) in [5, 5.41) is 13.4. The van der Waals surface area contributed by atoms with Gasteiger partial charge in [0.05, 0.1) is 17.1 Å². The number of non-ortho nitro benzene ring substituents is 1. The van der Waals surface area contributed by atoms with E-state index in [1.165, 1.54) is 24.3 Å². The highest BCUT2D eigenvalue weighted by Crippen LogP contribution is 2.12. The SMILES string of the molecule is C[C@H]1CN(CCNC(=O)c2ccc([N+](=O)[O-])cc2)C[C@H](C)O1. The van der Waals surface area contributed by atoms with E-state index in [9.17, 15) is 14.9 Å². The molecule has 7 nitrogen and oxygen atoms in total. The zero-order chi connectivity index (χ0) is 16.1. The van der Waals surface area contributed by atoms with E-state index in [2.05, 4.69) is 10.2 Å². The molecule has 1 aliphatic heterocycles. The van der Waals surface area contributed by atoms with Crippen molar-refractivity contribution in [2.75, 3.05) is 26.2 Å². The van der Waals surface area contributed by atoms with Gasteiger partial charge in [-0.15, -0.1) is 0 Å². The molecular weight excluding hydrogens is 286 g/mol. The Morgan fingerprint density at radius 1 is 1.32 bits per heavy atom. The van der Waals surface area contributed by atoms with Crippen molar-refractivity contribution < 1.29 is 14.5 Å². The summed E-state index contributed by atoms with van der Waals surface area (Å²) in [6.45, 7) is 7.09. The van der Waals surface area contributed by atoms with Crippen molar-refractivity contribution in [1.82, 2.24) is 10.2 Å². The lowest BCUT2D eigenvalue weighted by Gasteiger charge is -2.35. The molecule has 1 saturated heterocycles. The molecule has 0 spiro atoms. The summed E-state index contributed by atoms with van der Waals surface area (Å²) in [4.78, 5) is 24.3. The number of carbonyl (C=O) groups is 1. The van der Waals surface area contributed by atoms with Gasteiger partial charge in [0.2, 0.25) is 0 Å². The summed E-state index contributed by atoms with van der Waals surface area (Å²) in [6.07, 6.45) is 0.406. The third kappa shape index (κ3) is 4.51. The quantitative estimate of drug-likeness (QED) is 0.657. The summed E-state index contributed by atoms with van der Waals surface area (Å²) in [6, 6.07) is 5.60. The number of nitro groups is 1. The molecule has 22 heavy (non-hydrogen) atoms. The Labute approximate surface area is 129 Å². The van der Waals surface area contributed by atoms with Crippen LogP contribution in [-0.4, -0.2) is 54.1 Å². The van der Waals surface area contributed by atoms with Gasteiger partial charge in [0.25, 0.3) is 11.6 Å². The molecular formula is C15H21N3O4. The number of carbonyl (C=O) groups excluding carboxylic acids is 1. The maximum atomic E-state index is 12.0. The zero-order valence-corrected chi connectivity index (χ0v) is 12.8. The van der Waals surface area contributed by atoms with E-state index in [1.54, 1.807) is 0 Å². The van der Waals surface area contributed by atoms with Gasteiger partial charge in [0.1, 0.15) is 0 Å². The minimum absolute atomic E-state index is 0.0205. The minimum atomic E-state index is -0.484. The number of hydrogen-bond donors (Lipinski definition) is 1. The Morgan fingerprint density at radius 2 is 1.91 bits per heavy atom. The molecule has 0 saturated carbocycles. The number of amides is 1. The molecule has 0 aromatic heterocycles. The number of ether oxygens (including phenoxy) is 1. The number of nitrogens with zero attached hydrogens (tertiary/aromatic N) is 2. The van der Waals surface area contributed by atoms with Gasteiger partial charge < -0.3 is 10.1 Å². The van der Waals surface area contributed by atoms with Crippen molar-refractivity contribution >= 4 is 11.6 Å². The zero-order valence-electron chi connectivity index (χ0n) is 12.8. The van der Waals surface area contributed by atoms with E-state index >= 15 is 0 Å². The third-order valence-corrected chi connectivity index (χ3v) is 3.55. The van der Waals surface area contributed by atoms with Crippen molar-refractivity contribution in [2.24, 2.45) is 0 Å². The van der Waals surface area contributed by atoms with Crippen LogP contribution in [0.2, 0.25) is 0 Å². The topological polar surface area (TPSA) is 84.7 Å². The Hall–Kier alpha value is -1.99.